The van der Waals surface area contributed by atoms with Crippen LogP contribution < -0.4 is 0 Å². The summed E-state index contributed by atoms with van der Waals surface area (Å²) in [7, 11) is 1.68. The Balaban J connectivity index is 1.79. The molecule has 29 heavy (non-hydrogen) atoms. The number of terminal acetylenes is 1. The average molecular weight is 413 g/mol. The van der Waals surface area contributed by atoms with Crippen LogP contribution in [0.3, 0.4) is 0 Å². The number of carbonyl (C=O) groups is 2. The van der Waals surface area contributed by atoms with Gasteiger partial charge in [-0.3, -0.25) is 4.79 Å². The van der Waals surface area contributed by atoms with E-state index in [2.05, 4.69) is 14.8 Å². The van der Waals surface area contributed by atoms with Crippen molar-refractivity contribution in [3.63, 3.8) is 0 Å². The molecule has 2 aliphatic heterocycles. The summed E-state index contributed by atoms with van der Waals surface area (Å²) in [5.74, 6) is 0.678. The number of carbonyl (C=O) groups excluding carboxylic acids is 2. The minimum Gasteiger partial charge on any atom is -0.395 e. The van der Waals surface area contributed by atoms with Crippen molar-refractivity contribution in [3.8, 4) is 23.9 Å². The Morgan fingerprint density at radius 2 is 2.07 bits per heavy atom. The monoisotopic (exact) mass is 412 g/mol. The molecule has 1 fully saturated rings. The van der Waals surface area contributed by atoms with Gasteiger partial charge < -0.3 is 14.4 Å². The maximum atomic E-state index is 13.1. The van der Waals surface area contributed by atoms with Crippen LogP contribution in [-0.2, 0) is 21.3 Å². The fourth-order valence-electron chi connectivity index (χ4n) is 3.67. The molecule has 0 spiro atoms. The van der Waals surface area contributed by atoms with Crippen molar-refractivity contribution in [2.45, 2.75) is 25.3 Å². The second-order valence-electron chi connectivity index (χ2n) is 6.71. The van der Waals surface area contributed by atoms with Gasteiger partial charge in [0.15, 0.2) is 17.4 Å². The number of hydrogen-bond donors (Lipinski definition) is 0. The van der Waals surface area contributed by atoms with E-state index in [1.54, 1.807) is 42.3 Å². The summed E-state index contributed by atoms with van der Waals surface area (Å²) >= 11 is 5.94. The maximum absolute atomic E-state index is 13.1. The molecular weight excluding hydrogens is 396 g/mol. The fraction of sp³-hybridized carbons (Fsp3) is 0.300. The summed E-state index contributed by atoms with van der Waals surface area (Å²) in [6.45, 7) is 0.575. The van der Waals surface area contributed by atoms with E-state index in [9.17, 15) is 9.59 Å². The van der Waals surface area contributed by atoms with Crippen LogP contribution in [0.25, 0.3) is 17.0 Å². The largest absolute Gasteiger partial charge is 0.528 e. The molecule has 3 heterocycles. The molecule has 1 saturated heterocycles. The lowest BCUT2D eigenvalue weighted by atomic mass is 10.0. The van der Waals surface area contributed by atoms with Crippen LogP contribution in [0.2, 0.25) is 5.02 Å². The van der Waals surface area contributed by atoms with Gasteiger partial charge in [-0.15, -0.1) is 0 Å². The molecule has 1 aromatic heterocycles. The molecule has 1 aromatic carbocycles. The molecule has 4 rings (SSSR count). The van der Waals surface area contributed by atoms with Crippen LogP contribution in [-0.4, -0.2) is 44.3 Å². The van der Waals surface area contributed by atoms with Crippen molar-refractivity contribution in [3.05, 3.63) is 40.9 Å². The van der Waals surface area contributed by atoms with Crippen LogP contribution in [0.15, 0.2) is 30.0 Å². The van der Waals surface area contributed by atoms with Gasteiger partial charge >= 0.3 is 6.16 Å². The number of halogens is 1. The number of nitrogens with zero attached hydrogens (tertiary/aromatic N) is 4. The number of benzene rings is 1. The van der Waals surface area contributed by atoms with E-state index in [0.717, 1.165) is 18.4 Å². The molecule has 0 saturated carbocycles. The molecule has 1 atom stereocenters. The summed E-state index contributed by atoms with van der Waals surface area (Å²) in [5, 5.41) is 5.01. The number of piperidine rings is 1. The molecule has 0 radical (unpaired) electrons. The Bertz CT molecular complexity index is 1050. The van der Waals surface area contributed by atoms with E-state index >= 15 is 0 Å². The molecule has 8 nitrogen and oxygen atoms in total. The number of fused-ring (bicyclic) bond motifs is 1. The number of rotatable bonds is 3. The highest BCUT2D eigenvalue weighted by Crippen LogP contribution is 2.38. The van der Waals surface area contributed by atoms with Crippen LogP contribution in [0.4, 0.5) is 4.79 Å². The minimum absolute atomic E-state index is 0.195. The Labute approximate surface area is 172 Å². The van der Waals surface area contributed by atoms with Gasteiger partial charge in [-0.25, -0.2) is 14.5 Å². The van der Waals surface area contributed by atoms with E-state index in [4.69, 9.17) is 22.8 Å². The van der Waals surface area contributed by atoms with Crippen molar-refractivity contribution >= 4 is 29.2 Å². The standard InChI is InChI=1S/C20H17ClN4O4/c1-3-28-20(27)29-16-14-6-4-5-11-25(14)19(26)15(16)18-22-17(23-24(18)2)12-7-9-13(21)10-8-12/h1,7-10,14H,4-6,11H2,2H3. The molecule has 1 unspecified atom stereocenters. The van der Waals surface area contributed by atoms with Gasteiger partial charge in [0, 0.05) is 24.2 Å². The second-order valence-corrected chi connectivity index (χ2v) is 7.15. The van der Waals surface area contributed by atoms with Gasteiger partial charge in [0.25, 0.3) is 5.91 Å². The van der Waals surface area contributed by atoms with Crippen LogP contribution in [0.5, 0.6) is 0 Å². The lowest BCUT2D eigenvalue weighted by molar-refractivity contribution is -0.126. The number of aryl methyl sites for hydroxylation is 1. The summed E-state index contributed by atoms with van der Waals surface area (Å²) in [4.78, 5) is 31.2. The molecule has 1 amide bonds. The lowest BCUT2D eigenvalue weighted by Gasteiger charge is -2.30. The van der Waals surface area contributed by atoms with Gasteiger partial charge in [0.2, 0.25) is 0 Å². The highest BCUT2D eigenvalue weighted by atomic mass is 35.5. The molecule has 148 valence electrons. The second kappa shape index (κ2) is 7.60. The smallest absolute Gasteiger partial charge is 0.395 e. The number of ether oxygens (including phenoxy) is 2. The zero-order valence-corrected chi connectivity index (χ0v) is 16.3. The summed E-state index contributed by atoms with van der Waals surface area (Å²) in [5.41, 5.74) is 0.940. The van der Waals surface area contributed by atoms with Crippen molar-refractivity contribution in [2.75, 3.05) is 6.54 Å². The predicted molar refractivity (Wildman–Crippen MR) is 104 cm³/mol. The first kappa shape index (κ1) is 19.0. The SMILES string of the molecule is C#COC(=O)OC1=C(c2nc(-c3ccc(Cl)cc3)nn2C)C(=O)N2CCCCC12. The van der Waals surface area contributed by atoms with Crippen molar-refractivity contribution in [2.24, 2.45) is 7.05 Å². The first-order valence-electron chi connectivity index (χ1n) is 9.06. The molecule has 0 aliphatic carbocycles. The Kier molecular flexibility index (Phi) is 4.99. The van der Waals surface area contributed by atoms with E-state index in [0.29, 0.717) is 29.6 Å². The van der Waals surface area contributed by atoms with Crippen molar-refractivity contribution in [1.82, 2.24) is 19.7 Å². The number of hydrogen-bond acceptors (Lipinski definition) is 6. The van der Waals surface area contributed by atoms with Crippen LogP contribution >= 0.6 is 11.6 Å². The number of aromatic nitrogens is 3. The fourth-order valence-corrected chi connectivity index (χ4v) is 3.80. The van der Waals surface area contributed by atoms with Gasteiger partial charge in [0.05, 0.1) is 6.04 Å². The summed E-state index contributed by atoms with van der Waals surface area (Å²) in [6.07, 6.45) is 8.20. The first-order chi connectivity index (χ1) is 14.0. The quantitative estimate of drug-likeness (QED) is 0.569. The third kappa shape index (κ3) is 3.45. The molecule has 9 heteroatoms. The third-order valence-corrected chi connectivity index (χ3v) is 5.20. The van der Waals surface area contributed by atoms with Crippen molar-refractivity contribution in [1.29, 1.82) is 0 Å². The highest BCUT2D eigenvalue weighted by molar-refractivity contribution is 6.30. The van der Waals surface area contributed by atoms with Crippen molar-refractivity contribution < 1.29 is 19.1 Å². The van der Waals surface area contributed by atoms with E-state index < -0.39 is 6.16 Å². The molecule has 2 aliphatic rings. The summed E-state index contributed by atoms with van der Waals surface area (Å²) in [6, 6.07) is 6.69. The normalized spacial score (nSPS) is 18.4. The van der Waals surface area contributed by atoms with Crippen LogP contribution in [0, 0.1) is 12.5 Å². The van der Waals surface area contributed by atoms with Gasteiger partial charge in [-0.05, 0) is 43.5 Å². The van der Waals surface area contributed by atoms with E-state index in [-0.39, 0.29) is 23.3 Å². The lowest BCUT2D eigenvalue weighted by Crippen LogP contribution is -2.40. The molecule has 2 aromatic rings. The third-order valence-electron chi connectivity index (χ3n) is 4.95. The Morgan fingerprint density at radius 1 is 1.31 bits per heavy atom. The highest BCUT2D eigenvalue weighted by Gasteiger charge is 2.45. The van der Waals surface area contributed by atoms with Crippen LogP contribution in [0.1, 0.15) is 25.1 Å². The molecular formula is C20H17ClN4O4. The minimum atomic E-state index is -1.06. The van der Waals surface area contributed by atoms with E-state index in [1.165, 1.54) is 4.68 Å². The summed E-state index contributed by atoms with van der Waals surface area (Å²) < 4.78 is 11.3. The molecule has 0 bridgehead atoms. The zero-order valence-electron chi connectivity index (χ0n) is 15.6. The van der Waals surface area contributed by atoms with Gasteiger partial charge in [-0.2, -0.15) is 5.10 Å². The Morgan fingerprint density at radius 3 is 2.79 bits per heavy atom. The predicted octanol–water partition coefficient (Wildman–Crippen LogP) is 2.99. The number of amides is 1. The first-order valence-corrected chi connectivity index (χ1v) is 9.44. The molecule has 0 N–H and O–H groups in total. The topological polar surface area (TPSA) is 86.5 Å². The zero-order chi connectivity index (χ0) is 20.5. The maximum Gasteiger partial charge on any atom is 0.528 e. The van der Waals surface area contributed by atoms with Gasteiger partial charge in [0.1, 0.15) is 11.7 Å². The van der Waals surface area contributed by atoms with E-state index in [1.807, 2.05) is 0 Å². The average Bonchev–Trinajstić information content (AvgIpc) is 3.21. The Hall–Kier alpha value is -3.31. The van der Waals surface area contributed by atoms with Gasteiger partial charge in [-0.1, -0.05) is 18.0 Å².